The van der Waals surface area contributed by atoms with E-state index in [0.717, 1.165) is 11.3 Å². The predicted molar refractivity (Wildman–Crippen MR) is 84.3 cm³/mol. The van der Waals surface area contributed by atoms with Crippen LogP contribution in [0.1, 0.15) is 35.5 Å². The van der Waals surface area contributed by atoms with Gasteiger partial charge in [0.1, 0.15) is 5.76 Å². The number of nitrogens with zero attached hydrogens (tertiary/aromatic N) is 1. The van der Waals surface area contributed by atoms with Crippen LogP contribution < -0.4 is 10.2 Å². The second kappa shape index (κ2) is 4.73. The number of benzene rings is 1. The highest BCUT2D eigenvalue weighted by Crippen LogP contribution is 2.41. The third-order valence-electron chi connectivity index (χ3n) is 4.23. The first-order valence-electron chi connectivity index (χ1n) is 7.10. The van der Waals surface area contributed by atoms with Gasteiger partial charge in [0.05, 0.1) is 17.2 Å². The molecule has 3 rings (SSSR count). The molecule has 1 N–H and O–H groups in total. The van der Waals surface area contributed by atoms with Crippen LogP contribution in [0.4, 0.5) is 11.4 Å². The lowest BCUT2D eigenvalue weighted by Crippen LogP contribution is -2.33. The van der Waals surface area contributed by atoms with Crippen LogP contribution in [0, 0.1) is 6.92 Å². The van der Waals surface area contributed by atoms with Crippen LogP contribution in [0.2, 0.25) is 0 Å². The Morgan fingerprint density at radius 1 is 1.27 bits per heavy atom. The second-order valence-corrected chi connectivity index (χ2v) is 6.07. The number of amides is 2. The molecule has 0 unspecified atom stereocenters. The van der Waals surface area contributed by atoms with Crippen molar-refractivity contribution in [1.82, 2.24) is 0 Å². The van der Waals surface area contributed by atoms with Gasteiger partial charge in [-0.1, -0.05) is 0 Å². The predicted octanol–water partition coefficient (Wildman–Crippen LogP) is 3.09. The van der Waals surface area contributed by atoms with Gasteiger partial charge in [-0.05, 0) is 50.6 Å². The average molecular weight is 298 g/mol. The molecule has 0 fully saturated rings. The lowest BCUT2D eigenvalue weighted by molar-refractivity contribution is -0.121. The van der Waals surface area contributed by atoms with Crippen molar-refractivity contribution >= 4 is 23.2 Å². The van der Waals surface area contributed by atoms with Crippen LogP contribution in [-0.2, 0) is 10.2 Å². The van der Waals surface area contributed by atoms with Gasteiger partial charge >= 0.3 is 0 Å². The lowest BCUT2D eigenvalue weighted by Gasteiger charge is -2.16. The first-order valence-corrected chi connectivity index (χ1v) is 7.10. The number of fused-ring (bicyclic) bond motifs is 1. The van der Waals surface area contributed by atoms with E-state index < -0.39 is 5.41 Å². The van der Waals surface area contributed by atoms with Crippen molar-refractivity contribution in [3.63, 3.8) is 0 Å². The minimum absolute atomic E-state index is 0.0525. The van der Waals surface area contributed by atoms with Crippen LogP contribution in [-0.4, -0.2) is 18.9 Å². The quantitative estimate of drug-likeness (QED) is 0.926. The third kappa shape index (κ3) is 2.01. The van der Waals surface area contributed by atoms with E-state index in [1.807, 2.05) is 26.0 Å². The van der Waals surface area contributed by atoms with Crippen LogP contribution >= 0.6 is 0 Å². The van der Waals surface area contributed by atoms with E-state index in [2.05, 4.69) is 5.32 Å². The number of hydrogen-bond acceptors (Lipinski definition) is 3. The molecule has 0 bridgehead atoms. The monoisotopic (exact) mass is 298 g/mol. The van der Waals surface area contributed by atoms with Gasteiger partial charge in [-0.25, -0.2) is 0 Å². The lowest BCUT2D eigenvalue weighted by atomic mass is 9.86. The van der Waals surface area contributed by atoms with Gasteiger partial charge in [0.25, 0.3) is 5.91 Å². The Balaban J connectivity index is 1.93. The molecule has 1 aromatic heterocycles. The van der Waals surface area contributed by atoms with Crippen molar-refractivity contribution in [2.45, 2.75) is 26.2 Å². The zero-order chi connectivity index (χ0) is 16.1. The molecule has 0 aliphatic carbocycles. The summed E-state index contributed by atoms with van der Waals surface area (Å²) < 4.78 is 5.15. The fourth-order valence-electron chi connectivity index (χ4n) is 2.87. The summed E-state index contributed by atoms with van der Waals surface area (Å²) in [7, 11) is 1.77. The molecule has 5 nitrogen and oxygen atoms in total. The largest absolute Gasteiger partial charge is 0.469 e. The molecule has 114 valence electrons. The van der Waals surface area contributed by atoms with Crippen molar-refractivity contribution in [3.05, 3.63) is 47.4 Å². The number of carbonyl (C=O) groups is 2. The molecule has 0 radical (unpaired) electrons. The van der Waals surface area contributed by atoms with Gasteiger partial charge < -0.3 is 14.6 Å². The summed E-state index contributed by atoms with van der Waals surface area (Å²) in [5.74, 6) is 0.409. The molecule has 2 amide bonds. The van der Waals surface area contributed by atoms with Gasteiger partial charge in [-0.15, -0.1) is 0 Å². The van der Waals surface area contributed by atoms with Crippen LogP contribution in [0.15, 0.2) is 34.9 Å². The first-order chi connectivity index (χ1) is 10.3. The molecular formula is C17H18N2O3. The minimum atomic E-state index is -0.587. The van der Waals surface area contributed by atoms with Gasteiger partial charge in [-0.3, -0.25) is 9.59 Å². The summed E-state index contributed by atoms with van der Waals surface area (Å²) in [6, 6.07) is 7.17. The molecule has 0 atom stereocenters. The summed E-state index contributed by atoms with van der Waals surface area (Å²) in [6.45, 7) is 5.53. The summed E-state index contributed by atoms with van der Waals surface area (Å²) in [4.78, 5) is 26.2. The van der Waals surface area contributed by atoms with Gasteiger partial charge in [0.15, 0.2) is 0 Å². The van der Waals surface area contributed by atoms with E-state index in [0.29, 0.717) is 17.0 Å². The number of anilines is 2. The fraction of sp³-hybridized carbons (Fsp3) is 0.294. The third-order valence-corrected chi connectivity index (χ3v) is 4.23. The molecule has 1 aromatic carbocycles. The molecule has 0 saturated carbocycles. The smallest absolute Gasteiger partial charge is 0.259 e. The van der Waals surface area contributed by atoms with Gasteiger partial charge in [0.2, 0.25) is 5.91 Å². The van der Waals surface area contributed by atoms with Crippen LogP contribution in [0.3, 0.4) is 0 Å². The highest BCUT2D eigenvalue weighted by Gasteiger charge is 2.42. The van der Waals surface area contributed by atoms with Crippen molar-refractivity contribution in [1.29, 1.82) is 0 Å². The zero-order valence-electron chi connectivity index (χ0n) is 13.1. The molecule has 5 heteroatoms. The standard InChI is InChI=1S/C17H18N2O3/c1-10-12(7-8-22-10)15(20)18-11-5-6-14-13(9-11)17(2,3)16(21)19(14)4/h5-9H,1-4H3,(H,18,20). The van der Waals surface area contributed by atoms with Crippen molar-refractivity contribution in [2.75, 3.05) is 17.3 Å². The van der Waals surface area contributed by atoms with E-state index in [9.17, 15) is 9.59 Å². The maximum Gasteiger partial charge on any atom is 0.259 e. The Morgan fingerprint density at radius 2 is 2.00 bits per heavy atom. The number of rotatable bonds is 2. The Morgan fingerprint density at radius 3 is 2.64 bits per heavy atom. The van der Waals surface area contributed by atoms with Crippen molar-refractivity contribution < 1.29 is 14.0 Å². The topological polar surface area (TPSA) is 62.6 Å². The fourth-order valence-corrected chi connectivity index (χ4v) is 2.87. The van der Waals surface area contributed by atoms with Crippen molar-refractivity contribution in [3.8, 4) is 0 Å². The van der Waals surface area contributed by atoms with Gasteiger partial charge in [0, 0.05) is 18.4 Å². The summed E-state index contributed by atoms with van der Waals surface area (Å²) in [6.07, 6.45) is 1.49. The first kappa shape index (κ1) is 14.4. The molecule has 2 aromatic rings. The van der Waals surface area contributed by atoms with Crippen LogP contribution in [0.5, 0.6) is 0 Å². The summed E-state index contributed by atoms with van der Waals surface area (Å²) >= 11 is 0. The highest BCUT2D eigenvalue weighted by molar-refractivity contribution is 6.09. The number of likely N-dealkylation sites (N-methyl/N-ethyl adjacent to an activating group) is 1. The highest BCUT2D eigenvalue weighted by atomic mass is 16.3. The number of carbonyl (C=O) groups excluding carboxylic acids is 2. The van der Waals surface area contributed by atoms with E-state index >= 15 is 0 Å². The van der Waals surface area contributed by atoms with E-state index in [1.54, 1.807) is 31.0 Å². The Bertz CT molecular complexity index is 774. The average Bonchev–Trinajstić information content (AvgIpc) is 2.97. The maximum atomic E-state index is 12.3. The van der Waals surface area contributed by atoms with Gasteiger partial charge in [-0.2, -0.15) is 0 Å². The van der Waals surface area contributed by atoms with Crippen molar-refractivity contribution in [2.24, 2.45) is 0 Å². The Kier molecular flexibility index (Phi) is 3.09. The van der Waals surface area contributed by atoms with E-state index in [1.165, 1.54) is 6.26 Å². The normalized spacial score (nSPS) is 15.8. The molecule has 0 saturated heterocycles. The maximum absolute atomic E-state index is 12.3. The van der Waals surface area contributed by atoms with E-state index in [4.69, 9.17) is 4.42 Å². The van der Waals surface area contributed by atoms with Crippen LogP contribution in [0.25, 0.3) is 0 Å². The minimum Gasteiger partial charge on any atom is -0.469 e. The molecule has 1 aliphatic heterocycles. The molecule has 2 heterocycles. The zero-order valence-corrected chi connectivity index (χ0v) is 13.1. The Hall–Kier alpha value is -2.56. The Labute approximate surface area is 128 Å². The summed E-state index contributed by atoms with van der Waals surface area (Å²) in [5, 5.41) is 2.85. The number of hydrogen-bond donors (Lipinski definition) is 1. The SMILES string of the molecule is Cc1occc1C(=O)Nc1ccc2c(c1)C(C)(C)C(=O)N2C. The second-order valence-electron chi connectivity index (χ2n) is 6.07. The molecule has 1 aliphatic rings. The number of aryl methyl sites for hydroxylation is 1. The van der Waals surface area contributed by atoms with E-state index in [-0.39, 0.29) is 11.8 Å². The summed E-state index contributed by atoms with van der Waals surface area (Å²) in [5.41, 5.74) is 2.39. The molecule has 22 heavy (non-hydrogen) atoms. The molecular weight excluding hydrogens is 280 g/mol. The molecule has 0 spiro atoms. The number of furan rings is 1. The number of nitrogens with one attached hydrogen (secondary N) is 1.